The van der Waals surface area contributed by atoms with Gasteiger partial charge in [-0.1, -0.05) is 12.1 Å². The monoisotopic (exact) mass is 672 g/mol. The van der Waals surface area contributed by atoms with Crippen LogP contribution < -0.4 is 24.4 Å². The van der Waals surface area contributed by atoms with E-state index in [1.54, 1.807) is 67.6 Å². The van der Waals surface area contributed by atoms with Crippen molar-refractivity contribution in [1.29, 1.82) is 0 Å². The zero-order chi connectivity index (χ0) is 34.0. The quantitative estimate of drug-likeness (QED) is 0.121. The molecule has 0 aliphatic heterocycles. The first-order chi connectivity index (χ1) is 22.3. The molecular weight excluding hydrogens is 641 g/mol. The van der Waals surface area contributed by atoms with Crippen LogP contribution in [-0.4, -0.2) is 55.9 Å². The Morgan fingerprint density at radius 3 is 2.47 bits per heavy atom. The molecule has 0 radical (unpaired) electrons. The summed E-state index contributed by atoms with van der Waals surface area (Å²) < 4.78 is 82.7. The molecule has 0 fully saturated rings. The fourth-order valence-electron chi connectivity index (χ4n) is 3.95. The van der Waals surface area contributed by atoms with Gasteiger partial charge in [-0.15, -0.1) is 0 Å². The summed E-state index contributed by atoms with van der Waals surface area (Å²) in [6.07, 6.45) is 1.09. The maximum Gasteiger partial charge on any atom is 0.421 e. The molecule has 2 aromatic carbocycles. The lowest BCUT2D eigenvalue weighted by atomic mass is 10.2. The molecule has 2 aromatic heterocycles. The molecule has 12 nitrogen and oxygen atoms in total. The van der Waals surface area contributed by atoms with Gasteiger partial charge in [0.2, 0.25) is 16.0 Å². The van der Waals surface area contributed by atoms with Crippen molar-refractivity contribution >= 4 is 39.3 Å². The molecule has 4 aromatic rings. The first-order valence-corrected chi connectivity index (χ1v) is 15.9. The minimum atomic E-state index is -4.76. The lowest BCUT2D eigenvalue weighted by Crippen LogP contribution is -2.27. The second kappa shape index (κ2) is 15.3. The Morgan fingerprint density at radius 1 is 1.02 bits per heavy atom. The van der Waals surface area contributed by atoms with E-state index >= 15 is 0 Å². The molecule has 16 heteroatoms. The summed E-state index contributed by atoms with van der Waals surface area (Å²) in [4.78, 5) is 23.3. The Hall–Kier alpha value is -5.38. The van der Waals surface area contributed by atoms with Crippen molar-refractivity contribution in [2.45, 2.75) is 19.6 Å². The number of sulfonamides is 1. The number of esters is 1. The first-order valence-electron chi connectivity index (χ1n) is 14.0. The molecule has 0 saturated heterocycles. The number of carbonyl (C=O) groups is 1. The Morgan fingerprint density at radius 2 is 1.77 bits per heavy atom. The van der Waals surface area contributed by atoms with Crippen molar-refractivity contribution in [2.24, 2.45) is 0 Å². The zero-order valence-electron chi connectivity index (χ0n) is 25.5. The van der Waals surface area contributed by atoms with Crippen molar-refractivity contribution in [3.05, 3.63) is 96.3 Å². The van der Waals surface area contributed by atoms with Gasteiger partial charge in [-0.05, 0) is 55.5 Å². The van der Waals surface area contributed by atoms with E-state index in [1.807, 2.05) is 0 Å². The average molecular weight is 673 g/mol. The summed E-state index contributed by atoms with van der Waals surface area (Å²) in [5.74, 6) is 0.453. The molecule has 248 valence electrons. The molecule has 47 heavy (non-hydrogen) atoms. The number of nitrogens with zero attached hydrogens (tertiary/aromatic N) is 4. The summed E-state index contributed by atoms with van der Waals surface area (Å²) in [6.45, 7) is 1.95. The predicted octanol–water partition coefficient (Wildman–Crippen LogP) is 5.93. The van der Waals surface area contributed by atoms with Crippen molar-refractivity contribution in [2.75, 3.05) is 41.5 Å². The molecule has 0 saturated carbocycles. The molecule has 2 N–H and O–H groups in total. The van der Waals surface area contributed by atoms with Crippen LogP contribution in [0.4, 0.5) is 36.4 Å². The van der Waals surface area contributed by atoms with Crippen LogP contribution in [0.2, 0.25) is 0 Å². The number of alkyl halides is 3. The highest BCUT2D eigenvalue weighted by molar-refractivity contribution is 7.92. The van der Waals surface area contributed by atoms with E-state index in [0.29, 0.717) is 34.7 Å². The molecule has 0 atom stereocenters. The molecule has 4 rings (SSSR count). The molecular formula is C31H31F3N6O6S. The third-order valence-corrected chi connectivity index (χ3v) is 7.41. The van der Waals surface area contributed by atoms with Gasteiger partial charge in [0.05, 0.1) is 12.9 Å². The Labute approximate surface area is 269 Å². The van der Waals surface area contributed by atoms with Gasteiger partial charge in [-0.3, -0.25) is 4.31 Å². The summed E-state index contributed by atoms with van der Waals surface area (Å²) in [7, 11) is -2.37. The standard InChI is InChI=1S/C31H31F3N6O6S/c1-4-44-27(41)11-7-17-45-24-9-5-10-25(18-24)46-23-14-12-22(13-15-23)38-30-37-20-26(31(32,33)34)28(39-30)36-19-21-8-6-16-35-29(21)40(2)47(3,42)43/h5-16,18,20H,4,17,19H2,1-3H3,(H2,36,37,38,39). The smallest absolute Gasteiger partial charge is 0.421 e. The second-order valence-electron chi connectivity index (χ2n) is 9.72. The van der Waals surface area contributed by atoms with E-state index in [-0.39, 0.29) is 31.5 Å². The number of benzene rings is 2. The first kappa shape index (κ1) is 34.5. The highest BCUT2D eigenvalue weighted by Gasteiger charge is 2.35. The van der Waals surface area contributed by atoms with Crippen molar-refractivity contribution in [1.82, 2.24) is 15.0 Å². The lowest BCUT2D eigenvalue weighted by molar-refractivity contribution is -0.138. The summed E-state index contributed by atoms with van der Waals surface area (Å²) >= 11 is 0. The molecule has 0 spiro atoms. The largest absolute Gasteiger partial charge is 0.489 e. The molecule has 2 heterocycles. The van der Waals surface area contributed by atoms with Crippen molar-refractivity contribution in [3.8, 4) is 17.2 Å². The Balaban J connectivity index is 1.43. The SMILES string of the molecule is CCOC(=O)C=CCOc1cccc(Oc2ccc(Nc3ncc(C(F)(F)F)c(NCc4cccnc4N(C)S(C)(=O)=O)n3)cc2)c1. The number of aromatic nitrogens is 3. The van der Waals surface area contributed by atoms with Crippen LogP contribution in [-0.2, 0) is 32.3 Å². The summed E-state index contributed by atoms with van der Waals surface area (Å²) in [5.41, 5.74) is -0.298. The van der Waals surface area contributed by atoms with Gasteiger partial charge >= 0.3 is 12.1 Å². The predicted molar refractivity (Wildman–Crippen MR) is 169 cm³/mol. The minimum absolute atomic E-state index is 0.0632. The number of hydrogen-bond acceptors (Lipinski definition) is 11. The summed E-state index contributed by atoms with van der Waals surface area (Å²) in [6, 6.07) is 16.5. The third kappa shape index (κ3) is 10.1. The van der Waals surface area contributed by atoms with Crippen molar-refractivity contribution < 1.29 is 40.6 Å². The number of carbonyl (C=O) groups excluding carboxylic acids is 1. The topological polar surface area (TPSA) is 145 Å². The Kier molecular flexibility index (Phi) is 11.2. The van der Waals surface area contributed by atoms with Gasteiger partial charge in [-0.2, -0.15) is 18.2 Å². The molecule has 0 aliphatic carbocycles. The number of anilines is 4. The highest BCUT2D eigenvalue weighted by Crippen LogP contribution is 2.35. The van der Waals surface area contributed by atoms with Crippen LogP contribution in [0.25, 0.3) is 0 Å². The maximum absolute atomic E-state index is 13.8. The van der Waals surface area contributed by atoms with Crippen LogP contribution in [0, 0.1) is 0 Å². The summed E-state index contributed by atoms with van der Waals surface area (Å²) in [5, 5.41) is 5.52. The fourth-order valence-corrected chi connectivity index (χ4v) is 4.43. The van der Waals surface area contributed by atoms with E-state index in [1.165, 1.54) is 25.4 Å². The number of pyridine rings is 1. The number of nitrogens with one attached hydrogen (secondary N) is 2. The normalized spacial score (nSPS) is 11.6. The molecule has 0 bridgehead atoms. The Bertz CT molecular complexity index is 1820. The van der Waals surface area contributed by atoms with E-state index in [4.69, 9.17) is 14.2 Å². The fraction of sp³-hybridized carbons (Fsp3) is 0.226. The van der Waals surface area contributed by atoms with Crippen LogP contribution in [0.1, 0.15) is 18.1 Å². The molecule has 0 aliphatic rings. The number of halogens is 3. The van der Waals surface area contributed by atoms with Gasteiger partial charge in [0, 0.05) is 49.4 Å². The molecule has 0 amide bonds. The van der Waals surface area contributed by atoms with E-state index in [2.05, 4.69) is 25.6 Å². The van der Waals surface area contributed by atoms with Crippen LogP contribution in [0.15, 0.2) is 85.2 Å². The number of rotatable bonds is 14. The van der Waals surface area contributed by atoms with E-state index in [0.717, 1.165) is 10.6 Å². The van der Waals surface area contributed by atoms with E-state index < -0.39 is 33.6 Å². The maximum atomic E-state index is 13.8. The third-order valence-electron chi connectivity index (χ3n) is 6.24. The van der Waals surface area contributed by atoms with Gasteiger partial charge in [0.25, 0.3) is 0 Å². The van der Waals surface area contributed by atoms with Gasteiger partial charge in [-0.25, -0.2) is 23.2 Å². The van der Waals surface area contributed by atoms with Crippen LogP contribution >= 0.6 is 0 Å². The molecule has 0 unspecified atom stereocenters. The van der Waals surface area contributed by atoms with Gasteiger partial charge in [0.1, 0.15) is 41.1 Å². The van der Waals surface area contributed by atoms with Gasteiger partial charge < -0.3 is 24.8 Å². The van der Waals surface area contributed by atoms with E-state index in [9.17, 15) is 26.4 Å². The van der Waals surface area contributed by atoms with Gasteiger partial charge in [0.15, 0.2) is 0 Å². The number of hydrogen-bond donors (Lipinski definition) is 2. The second-order valence-corrected chi connectivity index (χ2v) is 11.7. The number of ether oxygens (including phenoxy) is 3. The van der Waals surface area contributed by atoms with Crippen LogP contribution in [0.3, 0.4) is 0 Å². The van der Waals surface area contributed by atoms with Crippen molar-refractivity contribution in [3.63, 3.8) is 0 Å². The average Bonchev–Trinajstić information content (AvgIpc) is 3.02. The zero-order valence-corrected chi connectivity index (χ0v) is 26.3. The highest BCUT2D eigenvalue weighted by atomic mass is 32.2. The minimum Gasteiger partial charge on any atom is -0.489 e. The van der Waals surface area contributed by atoms with Crippen LogP contribution in [0.5, 0.6) is 17.2 Å². The lowest BCUT2D eigenvalue weighted by Gasteiger charge is -2.20.